The van der Waals surface area contributed by atoms with E-state index in [1.807, 2.05) is 32.9 Å². The zero-order chi connectivity index (χ0) is 20.3. The van der Waals surface area contributed by atoms with Crippen LogP contribution >= 0.6 is 11.3 Å². The summed E-state index contributed by atoms with van der Waals surface area (Å²) in [6.45, 7) is 6.96. The van der Waals surface area contributed by atoms with Gasteiger partial charge in [-0.1, -0.05) is 12.1 Å². The lowest BCUT2D eigenvalue weighted by atomic mass is 9.94. The Morgan fingerprint density at radius 1 is 1.32 bits per heavy atom. The molecule has 0 spiro atoms. The van der Waals surface area contributed by atoms with Crippen LogP contribution in [0.15, 0.2) is 23.6 Å². The molecule has 0 atom stereocenters. The van der Waals surface area contributed by atoms with Gasteiger partial charge in [-0.25, -0.2) is 9.78 Å². The van der Waals surface area contributed by atoms with Crippen LogP contribution in [-0.2, 0) is 4.74 Å². The Labute approximate surface area is 169 Å². The minimum absolute atomic E-state index is 0.250. The van der Waals surface area contributed by atoms with Gasteiger partial charge in [-0.05, 0) is 39.7 Å². The summed E-state index contributed by atoms with van der Waals surface area (Å²) in [6, 6.07) is 7.77. The molecule has 1 aromatic heterocycles. The maximum atomic E-state index is 12.2. The second-order valence-corrected chi connectivity index (χ2v) is 8.67. The lowest BCUT2D eigenvalue weighted by molar-refractivity contribution is 0.0204. The number of methoxy groups -OCH3 is 1. The quantitative estimate of drug-likeness (QED) is 0.741. The highest BCUT2D eigenvalue weighted by Gasteiger charge is 2.28. The third kappa shape index (κ3) is 4.45. The molecule has 0 radical (unpaired) electrons. The molecule has 1 fully saturated rings. The number of carbonyl (C=O) groups is 1. The molecule has 3 rings (SSSR count). The number of aromatic nitrogens is 1. The van der Waals surface area contributed by atoms with Crippen molar-refractivity contribution in [3.63, 3.8) is 0 Å². The molecule has 7 heteroatoms. The summed E-state index contributed by atoms with van der Waals surface area (Å²) >= 11 is 1.54. The molecule has 1 saturated heterocycles. The molecule has 1 amide bonds. The van der Waals surface area contributed by atoms with Crippen molar-refractivity contribution < 1.29 is 14.3 Å². The number of rotatable bonds is 3. The molecule has 1 aliphatic heterocycles. The number of nitrogens with zero attached hydrogens (tertiary/aromatic N) is 3. The Bertz CT molecular complexity index is 887. The van der Waals surface area contributed by atoms with Crippen LogP contribution in [0.3, 0.4) is 0 Å². The van der Waals surface area contributed by atoms with Gasteiger partial charge in [-0.2, -0.15) is 5.26 Å². The van der Waals surface area contributed by atoms with Crippen LogP contribution in [-0.4, -0.2) is 41.8 Å². The van der Waals surface area contributed by atoms with Crippen molar-refractivity contribution >= 4 is 17.4 Å². The summed E-state index contributed by atoms with van der Waals surface area (Å²) in [5.74, 6) is 0.863. The fourth-order valence-corrected chi connectivity index (χ4v) is 4.21. The van der Waals surface area contributed by atoms with Crippen molar-refractivity contribution in [3.8, 4) is 22.4 Å². The molecular weight excluding hydrogens is 374 g/mol. The molecule has 0 aliphatic carbocycles. The molecule has 6 nitrogen and oxygen atoms in total. The lowest BCUT2D eigenvalue weighted by Crippen LogP contribution is -2.41. The molecule has 0 saturated carbocycles. The van der Waals surface area contributed by atoms with Gasteiger partial charge >= 0.3 is 6.09 Å². The van der Waals surface area contributed by atoms with Crippen LogP contribution in [0.4, 0.5) is 4.79 Å². The number of amides is 1. The predicted molar refractivity (Wildman–Crippen MR) is 109 cm³/mol. The average Bonchev–Trinajstić information content (AvgIpc) is 3.16. The van der Waals surface area contributed by atoms with Crippen LogP contribution in [0.1, 0.15) is 50.8 Å². The van der Waals surface area contributed by atoms with Gasteiger partial charge < -0.3 is 14.4 Å². The molecular formula is C21H25N3O3S. The highest BCUT2D eigenvalue weighted by atomic mass is 32.1. The Kier molecular flexibility index (Phi) is 5.90. The minimum atomic E-state index is -0.479. The first-order chi connectivity index (χ1) is 13.3. The molecule has 2 heterocycles. The van der Waals surface area contributed by atoms with Crippen LogP contribution in [0.25, 0.3) is 10.6 Å². The molecule has 148 valence electrons. The first-order valence-electron chi connectivity index (χ1n) is 9.33. The van der Waals surface area contributed by atoms with Gasteiger partial charge in [0.2, 0.25) is 0 Å². The van der Waals surface area contributed by atoms with E-state index < -0.39 is 5.60 Å². The van der Waals surface area contributed by atoms with E-state index in [4.69, 9.17) is 14.5 Å². The monoisotopic (exact) mass is 399 g/mol. The topological polar surface area (TPSA) is 75.4 Å². The molecule has 0 N–H and O–H groups in total. The summed E-state index contributed by atoms with van der Waals surface area (Å²) < 4.78 is 10.8. The maximum absolute atomic E-state index is 12.2. The second kappa shape index (κ2) is 8.19. The Morgan fingerprint density at radius 3 is 2.64 bits per heavy atom. The van der Waals surface area contributed by atoms with Crippen molar-refractivity contribution in [2.45, 2.75) is 45.1 Å². The number of thiazole rings is 1. The Morgan fingerprint density at radius 2 is 2.04 bits per heavy atom. The summed E-state index contributed by atoms with van der Waals surface area (Å²) in [5, 5.41) is 12.4. The highest BCUT2D eigenvalue weighted by Crippen LogP contribution is 2.36. The molecule has 0 bridgehead atoms. The van der Waals surface area contributed by atoms with Crippen LogP contribution in [0.5, 0.6) is 5.75 Å². The number of likely N-dealkylation sites (tertiary alicyclic amines) is 1. The van der Waals surface area contributed by atoms with Crippen LogP contribution in [0, 0.1) is 11.3 Å². The van der Waals surface area contributed by atoms with Crippen LogP contribution < -0.4 is 4.74 Å². The second-order valence-electron chi connectivity index (χ2n) is 7.81. The van der Waals surface area contributed by atoms with Crippen molar-refractivity contribution in [1.29, 1.82) is 5.26 Å². The predicted octanol–water partition coefficient (Wildman–Crippen LogP) is 4.80. The minimum Gasteiger partial charge on any atom is -0.495 e. The zero-order valence-corrected chi connectivity index (χ0v) is 17.5. The van der Waals surface area contributed by atoms with E-state index in [-0.39, 0.29) is 6.09 Å². The number of piperidine rings is 1. The first-order valence-corrected chi connectivity index (χ1v) is 10.2. The van der Waals surface area contributed by atoms with Crippen molar-refractivity contribution in [3.05, 3.63) is 34.8 Å². The number of hydrogen-bond acceptors (Lipinski definition) is 6. The molecule has 2 aromatic rings. The van der Waals surface area contributed by atoms with Gasteiger partial charge in [-0.15, -0.1) is 11.3 Å². The normalized spacial score (nSPS) is 15.2. The Hall–Kier alpha value is -2.59. The highest BCUT2D eigenvalue weighted by molar-refractivity contribution is 7.13. The summed E-state index contributed by atoms with van der Waals surface area (Å²) in [4.78, 5) is 18.8. The van der Waals surface area contributed by atoms with Crippen LogP contribution in [0.2, 0.25) is 0 Å². The standard InChI is InChI=1S/C21H25N3O3S/c1-21(2,3)27-20(25)24-10-8-14(9-11-24)17-13-28-19(23-17)15-6-5-7-18(26-4)16(15)12-22/h5-7,13-14H,8-11H2,1-4H3. The van der Waals surface area contributed by atoms with Crippen molar-refractivity contribution in [2.24, 2.45) is 0 Å². The third-order valence-corrected chi connectivity index (χ3v) is 5.57. The van der Waals surface area contributed by atoms with Gasteiger partial charge in [0.1, 0.15) is 28.0 Å². The van der Waals surface area contributed by atoms with Gasteiger partial charge in [0.05, 0.1) is 12.8 Å². The van der Waals surface area contributed by atoms with Gasteiger partial charge in [0.25, 0.3) is 0 Å². The van der Waals surface area contributed by atoms with E-state index >= 15 is 0 Å². The van der Waals surface area contributed by atoms with E-state index in [1.54, 1.807) is 18.1 Å². The summed E-state index contributed by atoms with van der Waals surface area (Å²) in [5.41, 5.74) is 1.85. The van der Waals surface area contributed by atoms with E-state index in [9.17, 15) is 10.1 Å². The van der Waals surface area contributed by atoms with E-state index in [2.05, 4.69) is 11.4 Å². The van der Waals surface area contributed by atoms with E-state index in [0.717, 1.165) is 29.1 Å². The smallest absolute Gasteiger partial charge is 0.410 e. The number of nitriles is 1. The maximum Gasteiger partial charge on any atom is 0.410 e. The van der Waals surface area contributed by atoms with Gasteiger partial charge in [0, 0.05) is 30.0 Å². The number of hydrogen-bond donors (Lipinski definition) is 0. The SMILES string of the molecule is COc1cccc(-c2nc(C3CCN(C(=O)OC(C)(C)C)CC3)cs2)c1C#N. The van der Waals surface area contributed by atoms with E-state index in [1.165, 1.54) is 11.3 Å². The summed E-state index contributed by atoms with van der Waals surface area (Å²) in [6.07, 6.45) is 1.46. The largest absolute Gasteiger partial charge is 0.495 e. The lowest BCUT2D eigenvalue weighted by Gasteiger charge is -2.32. The zero-order valence-electron chi connectivity index (χ0n) is 16.7. The number of ether oxygens (including phenoxy) is 2. The third-order valence-electron chi connectivity index (χ3n) is 4.68. The van der Waals surface area contributed by atoms with E-state index in [0.29, 0.717) is 30.3 Å². The molecule has 1 aromatic carbocycles. The average molecular weight is 400 g/mol. The number of benzene rings is 1. The number of carbonyl (C=O) groups excluding carboxylic acids is 1. The molecule has 1 aliphatic rings. The van der Waals surface area contributed by atoms with Crippen molar-refractivity contribution in [2.75, 3.05) is 20.2 Å². The fraction of sp³-hybridized carbons (Fsp3) is 0.476. The molecule has 28 heavy (non-hydrogen) atoms. The summed E-state index contributed by atoms with van der Waals surface area (Å²) in [7, 11) is 1.56. The van der Waals surface area contributed by atoms with Crippen molar-refractivity contribution in [1.82, 2.24) is 9.88 Å². The molecule has 0 unspecified atom stereocenters. The first kappa shape index (κ1) is 20.2. The fourth-order valence-electron chi connectivity index (χ4n) is 3.28. The Balaban J connectivity index is 1.70. The van der Waals surface area contributed by atoms with Gasteiger partial charge in [0.15, 0.2) is 0 Å². The van der Waals surface area contributed by atoms with Gasteiger partial charge in [-0.3, -0.25) is 0 Å².